The van der Waals surface area contributed by atoms with Crippen LogP contribution in [-0.4, -0.2) is 13.4 Å². The minimum Gasteiger partial charge on any atom is -0.263 e. The highest BCUT2D eigenvalue weighted by atomic mass is 35.5. The summed E-state index contributed by atoms with van der Waals surface area (Å²) in [6.07, 6.45) is 1.57. The van der Waals surface area contributed by atoms with Crippen LogP contribution in [0.15, 0.2) is 29.3 Å². The van der Waals surface area contributed by atoms with E-state index in [1.54, 1.807) is 13.1 Å². The molecule has 0 aliphatic heterocycles. The molecule has 0 fully saturated rings. The second kappa shape index (κ2) is 6.01. The lowest BCUT2D eigenvalue weighted by Gasteiger charge is -2.12. The van der Waals surface area contributed by atoms with Gasteiger partial charge in [0.15, 0.2) is 0 Å². The van der Waals surface area contributed by atoms with Crippen molar-refractivity contribution in [1.82, 2.24) is 4.98 Å². The Balaban J connectivity index is 2.48. The van der Waals surface area contributed by atoms with Crippen LogP contribution in [0.1, 0.15) is 11.1 Å². The van der Waals surface area contributed by atoms with Crippen molar-refractivity contribution in [3.05, 3.63) is 50.6 Å². The summed E-state index contributed by atoms with van der Waals surface area (Å²) in [6.45, 7) is 3.62. The van der Waals surface area contributed by atoms with Gasteiger partial charge in [0.2, 0.25) is 0 Å². The number of hydrogen-bond acceptors (Lipinski definition) is 3. The highest BCUT2D eigenvalue weighted by Crippen LogP contribution is 2.33. The molecular weight excluding hydrogens is 355 g/mol. The van der Waals surface area contributed by atoms with Gasteiger partial charge in [-0.1, -0.05) is 40.9 Å². The quantitative estimate of drug-likeness (QED) is 0.873. The van der Waals surface area contributed by atoms with Gasteiger partial charge in [0.25, 0.3) is 10.0 Å². The van der Waals surface area contributed by atoms with Gasteiger partial charge in [-0.05, 0) is 37.1 Å². The first kappa shape index (κ1) is 16.4. The molecule has 112 valence electrons. The SMILES string of the molecule is Cc1cnc(NS(=O)(=O)c2c(Cl)cc(Cl)cc2Cl)c(C)c1. The van der Waals surface area contributed by atoms with Crippen LogP contribution >= 0.6 is 34.8 Å². The first-order valence-electron chi connectivity index (χ1n) is 5.81. The molecule has 1 N–H and O–H groups in total. The van der Waals surface area contributed by atoms with Crippen molar-refractivity contribution in [2.45, 2.75) is 18.7 Å². The summed E-state index contributed by atoms with van der Waals surface area (Å²) in [5.74, 6) is 0.225. The minimum absolute atomic E-state index is 0.0511. The third-order valence-corrected chi connectivity index (χ3v) is 5.16. The fourth-order valence-corrected chi connectivity index (χ4v) is 4.41. The normalized spacial score (nSPS) is 11.5. The fourth-order valence-electron chi connectivity index (χ4n) is 1.79. The Morgan fingerprint density at radius 1 is 1.05 bits per heavy atom. The molecule has 1 aromatic carbocycles. The standard InChI is InChI=1S/C13H11Cl3N2O2S/c1-7-3-8(2)13(17-6-7)18-21(19,20)12-10(15)4-9(14)5-11(12)16/h3-6H,1-2H3,(H,17,18). The fraction of sp³-hybridized carbons (Fsp3) is 0.154. The third-order valence-electron chi connectivity index (χ3n) is 2.68. The van der Waals surface area contributed by atoms with E-state index in [0.29, 0.717) is 5.56 Å². The van der Waals surface area contributed by atoms with Gasteiger partial charge in [0, 0.05) is 11.2 Å². The molecule has 8 heteroatoms. The summed E-state index contributed by atoms with van der Waals surface area (Å²) >= 11 is 17.7. The zero-order valence-corrected chi connectivity index (χ0v) is 14.2. The van der Waals surface area contributed by atoms with Crippen molar-refractivity contribution in [1.29, 1.82) is 0 Å². The number of rotatable bonds is 3. The lowest BCUT2D eigenvalue weighted by atomic mass is 10.2. The van der Waals surface area contributed by atoms with E-state index in [1.165, 1.54) is 12.1 Å². The zero-order chi connectivity index (χ0) is 15.8. The van der Waals surface area contributed by atoms with E-state index in [2.05, 4.69) is 9.71 Å². The number of benzene rings is 1. The van der Waals surface area contributed by atoms with Crippen LogP contribution in [0.5, 0.6) is 0 Å². The first-order chi connectivity index (χ1) is 9.70. The second-order valence-electron chi connectivity index (χ2n) is 4.48. The van der Waals surface area contributed by atoms with Gasteiger partial charge >= 0.3 is 0 Å². The van der Waals surface area contributed by atoms with Crippen LogP contribution in [0, 0.1) is 13.8 Å². The maximum atomic E-state index is 12.4. The van der Waals surface area contributed by atoms with E-state index in [-0.39, 0.29) is 25.8 Å². The molecule has 0 aliphatic carbocycles. The van der Waals surface area contributed by atoms with E-state index >= 15 is 0 Å². The van der Waals surface area contributed by atoms with Gasteiger partial charge in [-0.15, -0.1) is 0 Å². The van der Waals surface area contributed by atoms with Crippen LogP contribution in [0.25, 0.3) is 0 Å². The average molecular weight is 366 g/mol. The average Bonchev–Trinajstić information content (AvgIpc) is 2.30. The third kappa shape index (κ3) is 3.61. The first-order valence-corrected chi connectivity index (χ1v) is 8.43. The van der Waals surface area contributed by atoms with Crippen molar-refractivity contribution in [2.75, 3.05) is 4.72 Å². The molecule has 0 unspecified atom stereocenters. The Morgan fingerprint density at radius 3 is 2.14 bits per heavy atom. The summed E-state index contributed by atoms with van der Waals surface area (Å²) in [5.41, 5.74) is 1.62. The molecule has 4 nitrogen and oxygen atoms in total. The van der Waals surface area contributed by atoms with Crippen molar-refractivity contribution in [3.8, 4) is 0 Å². The minimum atomic E-state index is -3.96. The van der Waals surface area contributed by atoms with E-state index in [9.17, 15) is 8.42 Å². The molecule has 1 aromatic heterocycles. The van der Waals surface area contributed by atoms with E-state index in [0.717, 1.165) is 5.56 Å². The maximum absolute atomic E-state index is 12.4. The van der Waals surface area contributed by atoms with Gasteiger partial charge in [0.05, 0.1) is 10.0 Å². The van der Waals surface area contributed by atoms with Gasteiger partial charge in [-0.2, -0.15) is 0 Å². The number of halogens is 3. The Kier molecular flexibility index (Phi) is 4.68. The number of nitrogens with one attached hydrogen (secondary N) is 1. The van der Waals surface area contributed by atoms with E-state index in [1.807, 2.05) is 13.0 Å². The molecule has 21 heavy (non-hydrogen) atoms. The van der Waals surface area contributed by atoms with Gasteiger partial charge in [0.1, 0.15) is 10.7 Å². The topological polar surface area (TPSA) is 59.1 Å². The number of anilines is 1. The molecule has 2 rings (SSSR count). The van der Waals surface area contributed by atoms with Crippen LogP contribution in [-0.2, 0) is 10.0 Å². The maximum Gasteiger partial charge on any atom is 0.266 e. The van der Waals surface area contributed by atoms with Crippen LogP contribution in [0.4, 0.5) is 5.82 Å². The molecule has 1 heterocycles. The zero-order valence-electron chi connectivity index (χ0n) is 11.1. The molecule has 0 saturated carbocycles. The summed E-state index contributed by atoms with van der Waals surface area (Å²) in [6, 6.07) is 4.45. The monoisotopic (exact) mass is 364 g/mol. The van der Waals surface area contributed by atoms with Crippen molar-refractivity contribution < 1.29 is 8.42 Å². The summed E-state index contributed by atoms with van der Waals surface area (Å²) < 4.78 is 27.2. The molecule has 0 aliphatic rings. The summed E-state index contributed by atoms with van der Waals surface area (Å²) in [7, 11) is -3.96. The van der Waals surface area contributed by atoms with Crippen molar-refractivity contribution >= 4 is 50.6 Å². The van der Waals surface area contributed by atoms with Crippen LogP contribution in [0.3, 0.4) is 0 Å². The summed E-state index contributed by atoms with van der Waals surface area (Å²) in [5, 5.41) is 0.156. The molecule has 2 aromatic rings. The molecule has 0 spiro atoms. The number of sulfonamides is 1. The number of pyridine rings is 1. The Hall–Kier alpha value is -1.01. The predicted octanol–water partition coefficient (Wildman–Crippen LogP) is 4.46. The lowest BCUT2D eigenvalue weighted by molar-refractivity contribution is 0.601. The molecule has 0 saturated heterocycles. The van der Waals surface area contributed by atoms with Gasteiger partial charge in [-0.3, -0.25) is 4.72 Å². The number of aryl methyl sites for hydroxylation is 2. The van der Waals surface area contributed by atoms with Crippen molar-refractivity contribution in [3.63, 3.8) is 0 Å². The van der Waals surface area contributed by atoms with E-state index in [4.69, 9.17) is 34.8 Å². The van der Waals surface area contributed by atoms with Crippen molar-refractivity contribution in [2.24, 2.45) is 0 Å². The predicted molar refractivity (Wildman–Crippen MR) is 86.0 cm³/mol. The molecular formula is C13H11Cl3N2O2S. The molecule has 0 radical (unpaired) electrons. The number of nitrogens with zero attached hydrogens (tertiary/aromatic N) is 1. The smallest absolute Gasteiger partial charge is 0.263 e. The molecule has 0 amide bonds. The van der Waals surface area contributed by atoms with E-state index < -0.39 is 10.0 Å². The Bertz CT molecular complexity index is 784. The highest BCUT2D eigenvalue weighted by molar-refractivity contribution is 7.93. The van der Waals surface area contributed by atoms with Gasteiger partial charge < -0.3 is 0 Å². The second-order valence-corrected chi connectivity index (χ2v) is 7.35. The van der Waals surface area contributed by atoms with Crippen LogP contribution < -0.4 is 4.72 Å². The number of hydrogen-bond donors (Lipinski definition) is 1. The van der Waals surface area contributed by atoms with Gasteiger partial charge in [-0.25, -0.2) is 13.4 Å². The molecule has 0 atom stereocenters. The largest absolute Gasteiger partial charge is 0.266 e. The lowest BCUT2D eigenvalue weighted by Crippen LogP contribution is -2.16. The summed E-state index contributed by atoms with van der Waals surface area (Å²) in [4.78, 5) is 3.84. The van der Waals surface area contributed by atoms with Crippen LogP contribution in [0.2, 0.25) is 15.1 Å². The Morgan fingerprint density at radius 2 is 1.62 bits per heavy atom. The highest BCUT2D eigenvalue weighted by Gasteiger charge is 2.23. The number of aromatic nitrogens is 1. The Labute approximate surface area is 138 Å². The molecule has 0 bridgehead atoms.